The second-order valence-electron chi connectivity index (χ2n) is 7.20. The van der Waals surface area contributed by atoms with E-state index in [1.54, 1.807) is 16.4 Å². The molecule has 1 fully saturated rings. The number of para-hydroxylation sites is 1. The minimum absolute atomic E-state index is 0.0125. The first-order valence-electron chi connectivity index (χ1n) is 9.73. The number of aromatic nitrogens is 2. The molecule has 0 bridgehead atoms. The van der Waals surface area contributed by atoms with Crippen LogP contribution in [0, 0.1) is 0 Å². The van der Waals surface area contributed by atoms with Crippen LogP contribution >= 0.6 is 11.3 Å². The zero-order valence-electron chi connectivity index (χ0n) is 16.3. The molecular weight excluding hydrogens is 420 g/mol. The van der Waals surface area contributed by atoms with E-state index >= 15 is 0 Å². The number of carbonyl (C=O) groups is 1. The van der Waals surface area contributed by atoms with Crippen LogP contribution in [-0.4, -0.2) is 41.9 Å². The van der Waals surface area contributed by atoms with E-state index in [9.17, 15) is 13.2 Å². The van der Waals surface area contributed by atoms with E-state index in [0.717, 1.165) is 18.4 Å². The number of carbonyl (C=O) groups excluding carboxylic acids is 1. The van der Waals surface area contributed by atoms with Crippen LogP contribution < -0.4 is 5.32 Å². The SMILES string of the molecule is O=C(Nc1ccccc1)c1nnc(C2CCCN(S(=O)(=O)Cc3ccccc3)C2)s1. The molecule has 0 spiro atoms. The van der Waals surface area contributed by atoms with Crippen molar-refractivity contribution >= 4 is 33.0 Å². The van der Waals surface area contributed by atoms with Crippen LogP contribution in [0.5, 0.6) is 0 Å². The lowest BCUT2D eigenvalue weighted by Crippen LogP contribution is -2.39. The Morgan fingerprint density at radius 1 is 1.07 bits per heavy atom. The van der Waals surface area contributed by atoms with Gasteiger partial charge in [0.25, 0.3) is 5.91 Å². The van der Waals surface area contributed by atoms with Gasteiger partial charge in [0.2, 0.25) is 15.0 Å². The van der Waals surface area contributed by atoms with E-state index < -0.39 is 10.0 Å². The fourth-order valence-corrected chi connectivity index (χ4v) is 5.94. The number of benzene rings is 2. The molecule has 1 aromatic heterocycles. The lowest BCUT2D eigenvalue weighted by Gasteiger charge is -2.30. The molecule has 1 unspecified atom stereocenters. The molecule has 0 radical (unpaired) electrons. The Labute approximate surface area is 179 Å². The Balaban J connectivity index is 1.43. The van der Waals surface area contributed by atoms with Gasteiger partial charge in [-0.3, -0.25) is 4.79 Å². The molecule has 4 rings (SSSR count). The number of hydrogen-bond acceptors (Lipinski definition) is 6. The van der Waals surface area contributed by atoms with Gasteiger partial charge in [-0.1, -0.05) is 59.9 Å². The van der Waals surface area contributed by atoms with Crippen LogP contribution in [0.4, 0.5) is 5.69 Å². The summed E-state index contributed by atoms with van der Waals surface area (Å²) >= 11 is 1.23. The van der Waals surface area contributed by atoms with Crippen molar-refractivity contribution in [3.8, 4) is 0 Å². The molecule has 1 N–H and O–H groups in total. The summed E-state index contributed by atoms with van der Waals surface area (Å²) < 4.78 is 27.3. The van der Waals surface area contributed by atoms with Crippen LogP contribution in [0.2, 0.25) is 0 Å². The van der Waals surface area contributed by atoms with Crippen molar-refractivity contribution in [2.24, 2.45) is 0 Å². The maximum atomic E-state index is 12.9. The Bertz CT molecular complexity index is 1100. The van der Waals surface area contributed by atoms with E-state index in [4.69, 9.17) is 0 Å². The van der Waals surface area contributed by atoms with Crippen molar-refractivity contribution in [3.05, 3.63) is 76.2 Å². The number of anilines is 1. The lowest BCUT2D eigenvalue weighted by atomic mass is 10.0. The molecule has 2 heterocycles. The summed E-state index contributed by atoms with van der Waals surface area (Å²) in [5.74, 6) is -0.379. The molecule has 0 saturated carbocycles. The van der Waals surface area contributed by atoms with Crippen LogP contribution in [-0.2, 0) is 15.8 Å². The van der Waals surface area contributed by atoms with Gasteiger partial charge in [-0.25, -0.2) is 12.7 Å². The largest absolute Gasteiger partial charge is 0.320 e. The Kier molecular flexibility index (Phi) is 6.21. The number of sulfonamides is 1. The highest BCUT2D eigenvalue weighted by molar-refractivity contribution is 7.88. The molecule has 1 aliphatic heterocycles. The Hall–Kier alpha value is -2.62. The minimum Gasteiger partial charge on any atom is -0.320 e. The fourth-order valence-electron chi connectivity index (χ4n) is 3.47. The summed E-state index contributed by atoms with van der Waals surface area (Å²) in [6, 6.07) is 18.4. The van der Waals surface area contributed by atoms with Crippen LogP contribution in [0.25, 0.3) is 0 Å². The molecule has 30 heavy (non-hydrogen) atoms. The van der Waals surface area contributed by atoms with E-state index in [1.807, 2.05) is 48.5 Å². The number of hydrogen-bond donors (Lipinski definition) is 1. The molecule has 9 heteroatoms. The van der Waals surface area contributed by atoms with Gasteiger partial charge in [0.15, 0.2) is 0 Å². The second-order valence-corrected chi connectivity index (χ2v) is 10.2. The van der Waals surface area contributed by atoms with E-state index in [0.29, 0.717) is 23.8 Å². The van der Waals surface area contributed by atoms with Gasteiger partial charge in [-0.2, -0.15) is 0 Å². The monoisotopic (exact) mass is 442 g/mol. The summed E-state index contributed by atoms with van der Waals surface area (Å²) in [6.45, 7) is 0.871. The van der Waals surface area contributed by atoms with Gasteiger partial charge >= 0.3 is 0 Å². The smallest absolute Gasteiger partial charge is 0.286 e. The van der Waals surface area contributed by atoms with E-state index in [2.05, 4.69) is 15.5 Å². The van der Waals surface area contributed by atoms with Gasteiger partial charge in [0.1, 0.15) is 5.01 Å². The third-order valence-corrected chi connectivity index (χ3v) is 7.89. The topological polar surface area (TPSA) is 92.3 Å². The number of amides is 1. The molecule has 1 saturated heterocycles. The summed E-state index contributed by atoms with van der Waals surface area (Å²) in [5.41, 5.74) is 1.46. The van der Waals surface area contributed by atoms with Gasteiger partial charge in [-0.05, 0) is 30.5 Å². The van der Waals surface area contributed by atoms with Crippen molar-refractivity contribution in [3.63, 3.8) is 0 Å². The van der Waals surface area contributed by atoms with E-state index in [1.165, 1.54) is 11.3 Å². The number of piperidine rings is 1. The summed E-state index contributed by atoms with van der Waals surface area (Å²) in [4.78, 5) is 12.4. The fraction of sp³-hybridized carbons (Fsp3) is 0.286. The number of rotatable bonds is 6. The molecule has 1 amide bonds. The summed E-state index contributed by atoms with van der Waals surface area (Å²) in [6.07, 6.45) is 1.58. The Morgan fingerprint density at radius 2 is 1.77 bits per heavy atom. The summed E-state index contributed by atoms with van der Waals surface area (Å²) in [5, 5.41) is 12.0. The molecular formula is C21H22N4O3S2. The minimum atomic E-state index is -3.42. The molecule has 2 aromatic carbocycles. The van der Waals surface area contributed by atoms with Crippen molar-refractivity contribution in [1.82, 2.24) is 14.5 Å². The van der Waals surface area contributed by atoms with Crippen LogP contribution in [0.15, 0.2) is 60.7 Å². The highest BCUT2D eigenvalue weighted by Crippen LogP contribution is 2.31. The number of nitrogens with zero attached hydrogens (tertiary/aromatic N) is 3. The van der Waals surface area contributed by atoms with Gasteiger partial charge in [0, 0.05) is 24.7 Å². The van der Waals surface area contributed by atoms with Crippen molar-refractivity contribution in [1.29, 1.82) is 0 Å². The van der Waals surface area contributed by atoms with Gasteiger partial charge in [0.05, 0.1) is 5.75 Å². The maximum absolute atomic E-state index is 12.9. The second kappa shape index (κ2) is 9.03. The third kappa shape index (κ3) is 4.92. The first kappa shape index (κ1) is 20.6. The molecule has 1 aliphatic rings. The average molecular weight is 443 g/mol. The maximum Gasteiger partial charge on any atom is 0.286 e. The molecule has 3 aromatic rings. The van der Waals surface area contributed by atoms with Crippen molar-refractivity contribution in [2.45, 2.75) is 24.5 Å². The normalized spacial score (nSPS) is 17.5. The molecule has 0 aliphatic carbocycles. The third-order valence-electron chi connectivity index (χ3n) is 4.99. The zero-order valence-corrected chi connectivity index (χ0v) is 17.9. The van der Waals surface area contributed by atoms with Gasteiger partial charge in [-0.15, -0.1) is 10.2 Å². The van der Waals surface area contributed by atoms with Crippen molar-refractivity contribution < 1.29 is 13.2 Å². The number of nitrogens with one attached hydrogen (secondary N) is 1. The molecule has 1 atom stereocenters. The van der Waals surface area contributed by atoms with Crippen LogP contribution in [0.1, 0.15) is 39.1 Å². The molecule has 7 nitrogen and oxygen atoms in total. The highest BCUT2D eigenvalue weighted by atomic mass is 32.2. The average Bonchev–Trinajstić information content (AvgIpc) is 3.26. The first-order valence-corrected chi connectivity index (χ1v) is 12.2. The Morgan fingerprint density at radius 3 is 2.50 bits per heavy atom. The zero-order chi connectivity index (χ0) is 21.0. The van der Waals surface area contributed by atoms with Crippen molar-refractivity contribution in [2.75, 3.05) is 18.4 Å². The van der Waals surface area contributed by atoms with Crippen LogP contribution in [0.3, 0.4) is 0 Å². The summed E-state index contributed by atoms with van der Waals surface area (Å²) in [7, 11) is -3.42. The quantitative estimate of drug-likeness (QED) is 0.631. The highest BCUT2D eigenvalue weighted by Gasteiger charge is 2.31. The predicted molar refractivity (Wildman–Crippen MR) is 117 cm³/mol. The van der Waals surface area contributed by atoms with Gasteiger partial charge < -0.3 is 5.32 Å². The lowest BCUT2D eigenvalue weighted by molar-refractivity contribution is 0.102. The van der Waals surface area contributed by atoms with E-state index in [-0.39, 0.29) is 22.6 Å². The first-order chi connectivity index (χ1) is 14.5. The predicted octanol–water partition coefficient (Wildman–Crippen LogP) is 3.50. The standard InChI is InChI=1S/C21H22N4O3S2/c26-19(22-18-11-5-2-6-12-18)21-24-23-20(29-21)17-10-7-13-25(14-17)30(27,28)15-16-8-3-1-4-9-16/h1-6,8-9,11-12,17H,7,10,13-15H2,(H,22,26). The molecule has 156 valence electrons.